The zero-order valence-corrected chi connectivity index (χ0v) is 30.2. The fourth-order valence-electron chi connectivity index (χ4n) is 7.58. The standard InChI is InChI=1S/C43H52N4O5/c1-2-3-5-11-36-23-35(48)15-12-29-13-16-39(49)40(20-29)52-28-34-22-32(37(30-9-6-4-7-10-30)24-42(50)46-18-8-19-46)21-33-25-47(26-38(33)34)43-31(27-51-36)14-17-41(44)45-43/h4,6-7,9-10,13-14,16-17,20-22,25-26,35-37,41,45,48-49H,2-3,5,8,11-12,15,18-19,23-24,27-28,44H2,1H3. The fourth-order valence-corrected chi connectivity index (χ4v) is 7.58. The van der Waals surface area contributed by atoms with E-state index in [1.54, 1.807) is 6.07 Å². The highest BCUT2D eigenvalue weighted by atomic mass is 16.5. The molecule has 1 fully saturated rings. The second-order valence-corrected chi connectivity index (χ2v) is 14.6. The van der Waals surface area contributed by atoms with Crippen molar-refractivity contribution >= 4 is 22.5 Å². The van der Waals surface area contributed by atoms with Crippen molar-refractivity contribution in [2.24, 2.45) is 5.73 Å². The van der Waals surface area contributed by atoms with Gasteiger partial charge < -0.3 is 40.2 Å². The minimum absolute atomic E-state index is 0.0670. The molecule has 4 atom stereocenters. The summed E-state index contributed by atoms with van der Waals surface area (Å²) in [6.07, 6.45) is 14.5. The number of unbranched alkanes of at least 4 members (excludes halogenated alkanes) is 2. The van der Waals surface area contributed by atoms with E-state index in [1.165, 1.54) is 0 Å². The van der Waals surface area contributed by atoms with E-state index < -0.39 is 6.10 Å². The molecule has 5 N–H and O–H groups in total. The lowest BCUT2D eigenvalue weighted by atomic mass is 9.86. The van der Waals surface area contributed by atoms with Crippen molar-refractivity contribution in [2.75, 3.05) is 19.7 Å². The average molecular weight is 705 g/mol. The van der Waals surface area contributed by atoms with E-state index in [0.29, 0.717) is 38.0 Å². The number of aliphatic hydroxyl groups is 1. The molecule has 4 aromatic rings. The molecular formula is C43H52N4O5. The summed E-state index contributed by atoms with van der Waals surface area (Å²) in [6, 6.07) is 20.0. The van der Waals surface area contributed by atoms with Crippen molar-refractivity contribution in [3.05, 3.63) is 113 Å². The number of aryl methyl sites for hydroxylation is 1. The van der Waals surface area contributed by atoms with Crippen molar-refractivity contribution in [2.45, 2.75) is 95.6 Å². The molecule has 0 aliphatic carbocycles. The zero-order valence-electron chi connectivity index (χ0n) is 30.2. The smallest absolute Gasteiger partial charge is 0.223 e. The zero-order chi connectivity index (χ0) is 36.0. The molecule has 0 saturated carbocycles. The maximum absolute atomic E-state index is 13.5. The molecule has 1 aromatic heterocycles. The number of carbonyl (C=O) groups is 1. The summed E-state index contributed by atoms with van der Waals surface area (Å²) in [4.78, 5) is 15.4. The number of nitrogens with zero attached hydrogens (tertiary/aromatic N) is 2. The van der Waals surface area contributed by atoms with Crippen molar-refractivity contribution in [3.63, 3.8) is 0 Å². The van der Waals surface area contributed by atoms with Crippen LogP contribution in [0.15, 0.2) is 90.8 Å². The summed E-state index contributed by atoms with van der Waals surface area (Å²) < 4.78 is 15.1. The first-order valence-electron chi connectivity index (χ1n) is 19.0. The van der Waals surface area contributed by atoms with E-state index in [1.807, 2.05) is 47.4 Å². The van der Waals surface area contributed by atoms with Gasteiger partial charge in [0.2, 0.25) is 5.91 Å². The second-order valence-electron chi connectivity index (χ2n) is 14.6. The molecular weight excluding hydrogens is 652 g/mol. The molecule has 4 heterocycles. The molecule has 4 unspecified atom stereocenters. The lowest BCUT2D eigenvalue weighted by Gasteiger charge is -2.32. The number of aromatic hydroxyl groups is 1. The number of likely N-dealkylation sites (tertiary alicyclic amines) is 1. The highest BCUT2D eigenvalue weighted by Crippen LogP contribution is 2.36. The number of nitrogens with two attached hydrogens (primary N) is 1. The third kappa shape index (κ3) is 8.38. The Morgan fingerprint density at radius 3 is 2.67 bits per heavy atom. The molecule has 9 heteroatoms. The quantitative estimate of drug-likeness (QED) is 0.146. The van der Waals surface area contributed by atoms with Crippen LogP contribution >= 0.6 is 0 Å². The van der Waals surface area contributed by atoms with Crippen LogP contribution in [-0.2, 0) is 22.6 Å². The molecule has 52 heavy (non-hydrogen) atoms. The summed E-state index contributed by atoms with van der Waals surface area (Å²) >= 11 is 0. The normalized spacial score (nSPS) is 21.4. The van der Waals surface area contributed by atoms with Gasteiger partial charge in [0.25, 0.3) is 0 Å². The molecule has 1 amide bonds. The number of benzene rings is 3. The van der Waals surface area contributed by atoms with Gasteiger partial charge in [-0.3, -0.25) is 4.79 Å². The monoisotopic (exact) mass is 704 g/mol. The average Bonchev–Trinajstić information content (AvgIpc) is 3.56. The number of fused-ring (bicyclic) bond motifs is 4. The van der Waals surface area contributed by atoms with Gasteiger partial charge in [0, 0.05) is 54.2 Å². The third-order valence-electron chi connectivity index (χ3n) is 10.7. The number of nitrogens with one attached hydrogen (secondary N) is 1. The van der Waals surface area contributed by atoms with Gasteiger partial charge in [-0.05, 0) is 78.6 Å². The summed E-state index contributed by atoms with van der Waals surface area (Å²) in [5, 5.41) is 27.5. The molecule has 274 valence electrons. The SMILES string of the molecule is CCCCCC1CC(O)CCc2ccc(O)c(c2)OCc2cc(C(CC(=O)N3CCC3)c3ccccc3)cc3cn(cc23)C2=C(C=CC(N)N2)CO1. The Morgan fingerprint density at radius 2 is 1.88 bits per heavy atom. The minimum Gasteiger partial charge on any atom is -0.504 e. The first-order chi connectivity index (χ1) is 25.3. The van der Waals surface area contributed by atoms with Crippen LogP contribution in [0.25, 0.3) is 16.6 Å². The van der Waals surface area contributed by atoms with Gasteiger partial charge in [0.15, 0.2) is 11.5 Å². The van der Waals surface area contributed by atoms with Gasteiger partial charge in [-0.2, -0.15) is 0 Å². The van der Waals surface area contributed by atoms with Gasteiger partial charge in [-0.15, -0.1) is 0 Å². The number of phenolic OH excluding ortho intramolecular Hbond substituents is 1. The first-order valence-corrected chi connectivity index (χ1v) is 19.0. The van der Waals surface area contributed by atoms with Crippen LogP contribution in [0.1, 0.15) is 86.5 Å². The van der Waals surface area contributed by atoms with Gasteiger partial charge in [0.1, 0.15) is 12.4 Å². The largest absolute Gasteiger partial charge is 0.504 e. The van der Waals surface area contributed by atoms with Crippen molar-refractivity contribution in [3.8, 4) is 11.5 Å². The highest BCUT2D eigenvalue weighted by Gasteiger charge is 2.27. The number of phenols is 1. The number of dihydropyridines is 1. The molecule has 3 aromatic carbocycles. The Morgan fingerprint density at radius 1 is 1.04 bits per heavy atom. The summed E-state index contributed by atoms with van der Waals surface area (Å²) in [5.41, 5.74) is 11.4. The Balaban J connectivity index is 1.33. The van der Waals surface area contributed by atoms with E-state index in [0.717, 1.165) is 89.6 Å². The summed E-state index contributed by atoms with van der Waals surface area (Å²) in [6.45, 7) is 4.40. The molecule has 4 bridgehead atoms. The van der Waals surface area contributed by atoms with Gasteiger partial charge >= 0.3 is 0 Å². The number of hydrogen-bond donors (Lipinski definition) is 4. The molecule has 1 saturated heterocycles. The number of carbonyl (C=O) groups excluding carboxylic acids is 1. The molecule has 0 radical (unpaired) electrons. The van der Waals surface area contributed by atoms with Gasteiger partial charge in [0.05, 0.1) is 25.0 Å². The highest BCUT2D eigenvalue weighted by molar-refractivity contribution is 5.88. The maximum atomic E-state index is 13.5. The molecule has 7 rings (SSSR count). The van der Waals surface area contributed by atoms with Gasteiger partial charge in [-0.1, -0.05) is 74.7 Å². The second kappa shape index (κ2) is 16.4. The third-order valence-corrected chi connectivity index (χ3v) is 10.7. The van der Waals surface area contributed by atoms with Crippen molar-refractivity contribution in [1.29, 1.82) is 0 Å². The summed E-state index contributed by atoms with van der Waals surface area (Å²) in [7, 11) is 0. The number of ether oxygens (including phenoxy) is 2. The minimum atomic E-state index is -0.529. The van der Waals surface area contributed by atoms with E-state index in [9.17, 15) is 15.0 Å². The molecule has 0 spiro atoms. The van der Waals surface area contributed by atoms with E-state index in [-0.39, 0.29) is 36.5 Å². The number of aliphatic hydroxyl groups excluding tert-OH is 1. The lowest BCUT2D eigenvalue weighted by molar-refractivity contribution is -0.134. The Bertz CT molecular complexity index is 1910. The Hall–Kier alpha value is -4.57. The van der Waals surface area contributed by atoms with Crippen molar-refractivity contribution in [1.82, 2.24) is 14.8 Å². The van der Waals surface area contributed by atoms with Crippen LogP contribution in [0.3, 0.4) is 0 Å². The first kappa shape index (κ1) is 35.8. The van der Waals surface area contributed by atoms with Crippen LogP contribution < -0.4 is 15.8 Å². The molecule has 9 nitrogen and oxygen atoms in total. The van der Waals surface area contributed by atoms with E-state index in [2.05, 4.69) is 53.5 Å². The topological polar surface area (TPSA) is 122 Å². The Kier molecular flexibility index (Phi) is 11.3. The van der Waals surface area contributed by atoms with E-state index in [4.69, 9.17) is 15.2 Å². The fraction of sp³-hybridized carbons (Fsp3) is 0.419. The van der Waals surface area contributed by atoms with E-state index >= 15 is 0 Å². The van der Waals surface area contributed by atoms with Crippen LogP contribution in [-0.4, -0.2) is 63.7 Å². The molecule has 3 aliphatic rings. The predicted molar refractivity (Wildman–Crippen MR) is 205 cm³/mol. The van der Waals surface area contributed by atoms with Crippen molar-refractivity contribution < 1.29 is 24.5 Å². The summed E-state index contributed by atoms with van der Waals surface area (Å²) in [5.74, 6) is 1.32. The predicted octanol–water partition coefficient (Wildman–Crippen LogP) is 6.96. The van der Waals surface area contributed by atoms with Crippen LogP contribution in [0, 0.1) is 0 Å². The number of rotatable bonds is 8. The van der Waals surface area contributed by atoms with Crippen LogP contribution in [0.4, 0.5) is 0 Å². The number of aromatic nitrogens is 1. The number of amides is 1. The molecule has 3 aliphatic heterocycles. The van der Waals surface area contributed by atoms with Gasteiger partial charge in [-0.25, -0.2) is 0 Å². The maximum Gasteiger partial charge on any atom is 0.223 e. The lowest BCUT2D eigenvalue weighted by Crippen LogP contribution is -2.42. The van der Waals surface area contributed by atoms with Crippen LogP contribution in [0.5, 0.6) is 11.5 Å². The van der Waals surface area contributed by atoms with Crippen LogP contribution in [0.2, 0.25) is 0 Å². The number of hydrogen-bond acceptors (Lipinski definition) is 7. The Labute approximate surface area is 306 Å².